The summed E-state index contributed by atoms with van der Waals surface area (Å²) in [6.45, 7) is 5.53. The number of halogens is 1. The van der Waals surface area contributed by atoms with E-state index in [1.54, 1.807) is 51.5 Å². The number of carbonyl (C=O) groups is 3. The van der Waals surface area contributed by atoms with Crippen LogP contribution in [0.3, 0.4) is 0 Å². The maximum absolute atomic E-state index is 13.5. The number of alkyl halides is 1. The molecule has 2 atom stereocenters. The van der Waals surface area contributed by atoms with Gasteiger partial charge in [0, 0.05) is 0 Å². The number of esters is 1. The van der Waals surface area contributed by atoms with Crippen molar-refractivity contribution in [3.63, 3.8) is 0 Å². The van der Waals surface area contributed by atoms with Gasteiger partial charge in [0.1, 0.15) is 24.7 Å². The Balaban J connectivity index is 0.000000223. The number of nitrogens with zero attached hydrogens (tertiary/aromatic N) is 1. The Bertz CT molecular complexity index is 1100. The zero-order chi connectivity index (χ0) is 25.5. The van der Waals surface area contributed by atoms with Gasteiger partial charge in [0.2, 0.25) is 5.91 Å². The monoisotopic (exact) mass is 486 g/mol. The molecule has 3 heterocycles. The van der Waals surface area contributed by atoms with Gasteiger partial charge in [-0.25, -0.2) is 14.0 Å². The first-order valence-corrected chi connectivity index (χ1v) is 10.7. The van der Waals surface area contributed by atoms with Gasteiger partial charge in [0.15, 0.2) is 12.3 Å². The molecule has 3 aliphatic rings. The lowest BCUT2D eigenvalue weighted by Gasteiger charge is -2.39. The van der Waals surface area contributed by atoms with Gasteiger partial charge in [-0.2, -0.15) is 0 Å². The van der Waals surface area contributed by atoms with E-state index in [4.69, 9.17) is 18.9 Å². The van der Waals surface area contributed by atoms with E-state index >= 15 is 0 Å². The summed E-state index contributed by atoms with van der Waals surface area (Å²) >= 11 is 0. The third-order valence-electron chi connectivity index (χ3n) is 5.31. The normalized spacial score (nSPS) is 16.8. The van der Waals surface area contributed by atoms with Gasteiger partial charge < -0.3 is 18.9 Å². The molecule has 0 aromatic heterocycles. The highest BCUT2D eigenvalue weighted by Gasteiger charge is 2.45. The van der Waals surface area contributed by atoms with Gasteiger partial charge in [-0.15, -0.1) is 0 Å². The molecule has 2 amide bonds. The molecule has 35 heavy (non-hydrogen) atoms. The van der Waals surface area contributed by atoms with Crippen molar-refractivity contribution < 1.29 is 37.7 Å². The van der Waals surface area contributed by atoms with Crippen molar-refractivity contribution in [2.45, 2.75) is 38.9 Å². The first kappa shape index (κ1) is 25.5. The maximum atomic E-state index is 13.5. The summed E-state index contributed by atoms with van der Waals surface area (Å²) in [5, 5.41) is 2.57. The van der Waals surface area contributed by atoms with Crippen molar-refractivity contribution in [1.82, 2.24) is 4.90 Å². The number of rotatable bonds is 7. The molecule has 9 nitrogen and oxygen atoms in total. The van der Waals surface area contributed by atoms with E-state index in [1.165, 1.54) is 0 Å². The fourth-order valence-corrected chi connectivity index (χ4v) is 3.43. The standard InChI is InChI=1S/C16H18FNO4.C9H9NO3/c1-10(2)15(18-13(17)8-14(18)19)16(20)22-9-11-4-6-12(21-3)7-5-11;1-12-8-4-6-2-3-7(8)10-9(11)13-5-6/h4-7,13,15H,1,8-9H2,2-3H3;2-4H,5H2,1H3,(H,10,11). The van der Waals surface area contributed by atoms with Gasteiger partial charge in [-0.1, -0.05) is 24.8 Å². The summed E-state index contributed by atoms with van der Waals surface area (Å²) in [4.78, 5) is 35.5. The second kappa shape index (κ2) is 11.4. The Morgan fingerprint density at radius 1 is 1.20 bits per heavy atom. The van der Waals surface area contributed by atoms with E-state index in [0.29, 0.717) is 22.8 Å². The lowest BCUT2D eigenvalue weighted by atomic mass is 10.0. The van der Waals surface area contributed by atoms with Crippen LogP contribution in [0.2, 0.25) is 0 Å². The molecule has 1 saturated heterocycles. The predicted octanol–water partition coefficient (Wildman–Crippen LogP) is 3.97. The summed E-state index contributed by atoms with van der Waals surface area (Å²) in [5.41, 5.74) is 2.70. The first-order chi connectivity index (χ1) is 16.7. The van der Waals surface area contributed by atoms with E-state index in [1.807, 2.05) is 12.1 Å². The molecular formula is C25H27FN2O7. The number of carbonyl (C=O) groups excluding carboxylic acids is 3. The molecule has 186 valence electrons. The molecule has 0 aliphatic carbocycles. The van der Waals surface area contributed by atoms with Crippen LogP contribution >= 0.6 is 0 Å². The van der Waals surface area contributed by atoms with E-state index in [9.17, 15) is 18.8 Å². The number of hydrogen-bond donors (Lipinski definition) is 1. The minimum Gasteiger partial charge on any atom is -0.497 e. The Kier molecular flexibility index (Phi) is 8.30. The highest BCUT2D eigenvalue weighted by molar-refractivity contribution is 5.90. The first-order valence-electron chi connectivity index (χ1n) is 10.7. The number of amides is 2. The van der Waals surface area contributed by atoms with Crippen LogP contribution in [0.4, 0.5) is 14.9 Å². The molecule has 2 aromatic carbocycles. The van der Waals surface area contributed by atoms with Gasteiger partial charge in [0.25, 0.3) is 0 Å². The second-order valence-corrected chi connectivity index (χ2v) is 7.88. The smallest absolute Gasteiger partial charge is 0.412 e. The molecule has 1 N–H and O–H groups in total. The van der Waals surface area contributed by atoms with Crippen LogP contribution in [0, 0.1) is 0 Å². The van der Waals surface area contributed by atoms with Crippen LogP contribution in [-0.4, -0.2) is 49.4 Å². The third kappa shape index (κ3) is 6.28. The van der Waals surface area contributed by atoms with Crippen LogP contribution in [0.25, 0.3) is 0 Å². The summed E-state index contributed by atoms with van der Waals surface area (Å²) < 4.78 is 33.6. The molecule has 2 bridgehead atoms. The lowest BCUT2D eigenvalue weighted by Crippen LogP contribution is -2.58. The minimum atomic E-state index is -1.46. The second-order valence-electron chi connectivity index (χ2n) is 7.88. The van der Waals surface area contributed by atoms with Crippen LogP contribution < -0.4 is 14.8 Å². The van der Waals surface area contributed by atoms with E-state index in [-0.39, 0.29) is 19.6 Å². The van der Waals surface area contributed by atoms with Gasteiger partial charge in [0.05, 0.1) is 26.3 Å². The average Bonchev–Trinajstić information content (AvgIpc) is 2.84. The number of methoxy groups -OCH3 is 2. The largest absolute Gasteiger partial charge is 0.497 e. The molecular weight excluding hydrogens is 459 g/mol. The summed E-state index contributed by atoms with van der Waals surface area (Å²) in [6, 6.07) is 11.5. The lowest BCUT2D eigenvalue weighted by molar-refractivity contribution is -0.171. The van der Waals surface area contributed by atoms with E-state index in [2.05, 4.69) is 11.9 Å². The third-order valence-corrected chi connectivity index (χ3v) is 5.31. The van der Waals surface area contributed by atoms with Crippen molar-refractivity contribution in [2.75, 3.05) is 19.5 Å². The van der Waals surface area contributed by atoms with Gasteiger partial charge in [-0.3, -0.25) is 15.0 Å². The topological polar surface area (TPSA) is 103 Å². The fourth-order valence-electron chi connectivity index (χ4n) is 3.43. The number of fused-ring (bicyclic) bond motifs is 5. The number of ether oxygens (including phenoxy) is 4. The Labute approximate surface area is 202 Å². The van der Waals surface area contributed by atoms with Crippen molar-refractivity contribution in [2.24, 2.45) is 0 Å². The molecule has 0 saturated carbocycles. The van der Waals surface area contributed by atoms with Crippen LogP contribution in [0.15, 0.2) is 54.6 Å². The van der Waals surface area contributed by atoms with Crippen molar-refractivity contribution in [3.8, 4) is 11.5 Å². The van der Waals surface area contributed by atoms with Crippen molar-refractivity contribution >= 4 is 23.7 Å². The Hall–Kier alpha value is -4.08. The summed E-state index contributed by atoms with van der Waals surface area (Å²) in [6.07, 6.45) is -2.10. The summed E-state index contributed by atoms with van der Waals surface area (Å²) in [5.74, 6) is 0.261. The molecule has 0 spiro atoms. The summed E-state index contributed by atoms with van der Waals surface area (Å²) in [7, 11) is 3.13. The molecule has 2 aromatic rings. The molecule has 10 heteroatoms. The fraction of sp³-hybridized carbons (Fsp3) is 0.320. The van der Waals surface area contributed by atoms with E-state index < -0.39 is 30.3 Å². The molecule has 3 aliphatic heterocycles. The van der Waals surface area contributed by atoms with E-state index in [0.717, 1.165) is 16.0 Å². The molecule has 0 radical (unpaired) electrons. The number of anilines is 1. The Morgan fingerprint density at radius 2 is 1.91 bits per heavy atom. The Morgan fingerprint density at radius 3 is 2.49 bits per heavy atom. The maximum Gasteiger partial charge on any atom is 0.412 e. The number of nitrogens with one attached hydrogen (secondary N) is 1. The van der Waals surface area contributed by atoms with Crippen LogP contribution in [0.1, 0.15) is 24.5 Å². The highest BCUT2D eigenvalue weighted by Crippen LogP contribution is 2.28. The van der Waals surface area contributed by atoms with Crippen LogP contribution in [0.5, 0.6) is 11.5 Å². The number of hydrogen-bond acceptors (Lipinski definition) is 7. The predicted molar refractivity (Wildman–Crippen MR) is 125 cm³/mol. The zero-order valence-electron chi connectivity index (χ0n) is 19.7. The molecule has 2 unspecified atom stereocenters. The number of β-lactam (4-membered cyclic amide) rings is 1. The molecule has 5 rings (SSSR count). The minimum absolute atomic E-state index is 0.0333. The quantitative estimate of drug-likeness (QED) is 0.273. The van der Waals surface area contributed by atoms with Gasteiger partial charge in [-0.05, 0) is 47.9 Å². The zero-order valence-corrected chi connectivity index (χ0v) is 19.7. The number of benzene rings is 2. The van der Waals surface area contributed by atoms with Crippen molar-refractivity contribution in [1.29, 1.82) is 0 Å². The number of likely N-dealkylation sites (tertiary alicyclic amines) is 1. The van der Waals surface area contributed by atoms with Crippen molar-refractivity contribution in [3.05, 3.63) is 65.7 Å². The highest BCUT2D eigenvalue weighted by atomic mass is 19.1. The molecule has 1 fully saturated rings. The van der Waals surface area contributed by atoms with Crippen LogP contribution in [-0.2, 0) is 32.3 Å². The average molecular weight is 486 g/mol. The van der Waals surface area contributed by atoms with Gasteiger partial charge >= 0.3 is 12.1 Å². The SMILES string of the molecule is C=C(C)C(C(=O)OCc1ccc(OC)cc1)N1C(=O)CC1F.COc1cc2ccc1NC(=O)OC2.